The summed E-state index contributed by atoms with van der Waals surface area (Å²) in [5, 5.41) is 25.3. The molecule has 16 heteroatoms. The monoisotopic (exact) mass is 832 g/mol. The van der Waals surface area contributed by atoms with Crippen LogP contribution >= 0.6 is 45.8 Å². The fraction of sp³-hybridized carbons (Fsp3) is 0.353. The van der Waals surface area contributed by atoms with E-state index in [1.807, 2.05) is 26.0 Å². The van der Waals surface area contributed by atoms with Crippen molar-refractivity contribution >= 4 is 81.8 Å². The van der Waals surface area contributed by atoms with Crippen molar-refractivity contribution in [3.05, 3.63) is 85.2 Å². The van der Waals surface area contributed by atoms with Crippen LogP contribution in [0.2, 0.25) is 10.3 Å². The lowest BCUT2D eigenvalue weighted by molar-refractivity contribution is 0.0992. The first-order chi connectivity index (χ1) is 23.8. The third-order valence-corrected chi connectivity index (χ3v) is 10.1. The summed E-state index contributed by atoms with van der Waals surface area (Å²) in [6.45, 7) is 3.69. The summed E-state index contributed by atoms with van der Waals surface area (Å²) in [7, 11) is -1.51. The lowest BCUT2D eigenvalue weighted by atomic mass is 9.80. The minimum atomic E-state index is -1.51. The SMILES string of the molecule is Cc1nc(Cl)c(-c2ccc(C(N)=O)cc2)c(NC2CCCC2)n1.Cc1nc(Cl)c(I)c(NC2CCCC2)n1.NC(=O)c1ccc(B(O)O)cc1. The molecule has 2 heterocycles. The second-order valence-corrected chi connectivity index (χ2v) is 13.9. The van der Waals surface area contributed by atoms with Crippen molar-refractivity contribution in [3.8, 4) is 11.1 Å². The number of carbonyl (C=O) groups is 2. The predicted molar refractivity (Wildman–Crippen MR) is 207 cm³/mol. The molecule has 0 aliphatic heterocycles. The van der Waals surface area contributed by atoms with Crippen molar-refractivity contribution in [1.82, 2.24) is 19.9 Å². The van der Waals surface area contributed by atoms with Crippen molar-refractivity contribution in [2.24, 2.45) is 11.5 Å². The van der Waals surface area contributed by atoms with Crippen LogP contribution in [0.3, 0.4) is 0 Å². The molecule has 0 spiro atoms. The predicted octanol–water partition coefficient (Wildman–Crippen LogP) is 5.42. The Bertz CT molecular complexity index is 1770. The van der Waals surface area contributed by atoms with Gasteiger partial charge in [0.1, 0.15) is 33.6 Å². The summed E-state index contributed by atoms with van der Waals surface area (Å²) in [5.41, 5.74) is 13.0. The molecule has 0 atom stereocenters. The van der Waals surface area contributed by atoms with Gasteiger partial charge in [0.25, 0.3) is 0 Å². The Hall–Kier alpha value is -3.57. The molecule has 2 aliphatic carbocycles. The van der Waals surface area contributed by atoms with Gasteiger partial charge in [-0.2, -0.15) is 0 Å². The van der Waals surface area contributed by atoms with Gasteiger partial charge in [0, 0.05) is 23.2 Å². The Labute approximate surface area is 315 Å². The number of rotatable bonds is 8. The Morgan fingerprint density at radius 1 is 0.720 bits per heavy atom. The van der Waals surface area contributed by atoms with Crippen molar-refractivity contribution in [1.29, 1.82) is 0 Å². The van der Waals surface area contributed by atoms with Crippen LogP contribution in [0.5, 0.6) is 0 Å². The van der Waals surface area contributed by atoms with E-state index < -0.39 is 18.9 Å². The van der Waals surface area contributed by atoms with Gasteiger partial charge in [0.15, 0.2) is 0 Å². The highest BCUT2D eigenvalue weighted by atomic mass is 127. The number of hydrogen-bond donors (Lipinski definition) is 6. The Morgan fingerprint density at radius 2 is 1.14 bits per heavy atom. The number of carbonyl (C=O) groups excluding carboxylic acids is 2. The van der Waals surface area contributed by atoms with Gasteiger partial charge in [0.2, 0.25) is 11.8 Å². The van der Waals surface area contributed by atoms with Crippen LogP contribution < -0.4 is 27.6 Å². The maximum absolute atomic E-state index is 11.2. The molecule has 2 aromatic carbocycles. The second kappa shape index (κ2) is 18.6. The molecule has 2 saturated carbocycles. The van der Waals surface area contributed by atoms with E-state index in [2.05, 4.69) is 53.2 Å². The molecule has 2 aliphatic rings. The normalized spacial score (nSPS) is 14.2. The van der Waals surface area contributed by atoms with Crippen LogP contribution in [0.4, 0.5) is 11.6 Å². The summed E-state index contributed by atoms with van der Waals surface area (Å²) in [6.07, 6.45) is 9.84. The van der Waals surface area contributed by atoms with Gasteiger partial charge in [-0.1, -0.05) is 73.2 Å². The first kappa shape index (κ1) is 39.2. The van der Waals surface area contributed by atoms with Crippen molar-refractivity contribution in [2.75, 3.05) is 10.6 Å². The lowest BCUT2D eigenvalue weighted by Crippen LogP contribution is -2.29. The smallest absolute Gasteiger partial charge is 0.423 e. The molecule has 0 bridgehead atoms. The number of benzene rings is 2. The van der Waals surface area contributed by atoms with Crippen LogP contribution in [0.1, 0.15) is 83.7 Å². The molecule has 2 fully saturated rings. The minimum Gasteiger partial charge on any atom is -0.423 e. The zero-order valence-corrected chi connectivity index (χ0v) is 31.5. The Kier molecular flexibility index (Phi) is 14.6. The lowest BCUT2D eigenvalue weighted by Gasteiger charge is -2.17. The molecule has 2 aromatic heterocycles. The molecular weight excluding hydrogens is 793 g/mol. The molecule has 0 saturated heterocycles. The number of hydrogen-bond acceptors (Lipinski definition) is 10. The van der Waals surface area contributed by atoms with Gasteiger partial charge in [-0.15, -0.1) is 0 Å². The van der Waals surface area contributed by atoms with E-state index in [0.717, 1.165) is 45.0 Å². The molecule has 12 nitrogen and oxygen atoms in total. The molecule has 50 heavy (non-hydrogen) atoms. The van der Waals surface area contributed by atoms with Gasteiger partial charge >= 0.3 is 7.12 Å². The maximum atomic E-state index is 11.2. The van der Waals surface area contributed by atoms with E-state index in [4.69, 9.17) is 44.7 Å². The third-order valence-electron chi connectivity index (χ3n) is 8.24. The van der Waals surface area contributed by atoms with E-state index in [9.17, 15) is 9.59 Å². The molecule has 0 radical (unpaired) electrons. The number of aromatic nitrogens is 4. The van der Waals surface area contributed by atoms with Crippen LogP contribution in [-0.2, 0) is 0 Å². The van der Waals surface area contributed by atoms with Gasteiger partial charge in [-0.3, -0.25) is 9.59 Å². The number of aryl methyl sites for hydroxylation is 2. The molecular formula is C34H40BCl2IN8O4. The standard InChI is InChI=1S/C17H19ClN4O.C10H13ClIN3.C7H8BNO3/c1-10-20-15(18)14(11-6-8-12(9-7-11)16(19)23)17(21-10)22-13-4-2-3-5-13;1-6-13-9(11)8(12)10(14-6)15-7-4-2-3-5-7;9-7(10)5-1-3-6(4-2-5)8(11)12/h6-9,13H,2-5H2,1H3,(H2,19,23)(H,20,21,22);7H,2-5H2,1H3,(H,13,14,15);1-4,11-12H,(H2,9,10). The average molecular weight is 833 g/mol. The summed E-state index contributed by atoms with van der Waals surface area (Å²) in [5.74, 6) is 2.01. The largest absolute Gasteiger partial charge is 0.488 e. The molecule has 8 N–H and O–H groups in total. The molecule has 264 valence electrons. The molecule has 2 amide bonds. The number of primary amides is 2. The van der Waals surface area contributed by atoms with Crippen LogP contribution in [0.15, 0.2) is 48.5 Å². The minimum absolute atomic E-state index is 0.333. The van der Waals surface area contributed by atoms with Crippen molar-refractivity contribution in [3.63, 3.8) is 0 Å². The quantitative estimate of drug-likeness (QED) is 0.0757. The number of amides is 2. The van der Waals surface area contributed by atoms with Gasteiger partial charge in [-0.25, -0.2) is 19.9 Å². The number of nitrogens with zero attached hydrogens (tertiary/aromatic N) is 4. The van der Waals surface area contributed by atoms with E-state index in [0.29, 0.717) is 44.8 Å². The van der Waals surface area contributed by atoms with E-state index in [1.54, 1.807) is 12.1 Å². The fourth-order valence-corrected chi connectivity index (χ4v) is 6.60. The molecule has 6 rings (SSSR count). The molecule has 0 unspecified atom stereocenters. The van der Waals surface area contributed by atoms with Crippen molar-refractivity contribution in [2.45, 2.75) is 77.3 Å². The Morgan fingerprint density at radius 3 is 1.60 bits per heavy atom. The highest BCUT2D eigenvalue weighted by molar-refractivity contribution is 14.1. The zero-order chi connectivity index (χ0) is 36.4. The van der Waals surface area contributed by atoms with Crippen LogP contribution in [-0.4, -0.2) is 61.0 Å². The summed E-state index contributed by atoms with van der Waals surface area (Å²) >= 11 is 14.6. The van der Waals surface area contributed by atoms with Crippen LogP contribution in [0, 0.1) is 17.4 Å². The number of anilines is 2. The maximum Gasteiger partial charge on any atom is 0.488 e. The van der Waals surface area contributed by atoms with E-state index in [1.165, 1.54) is 62.8 Å². The van der Waals surface area contributed by atoms with Gasteiger partial charge in [-0.05, 0) is 97.4 Å². The van der Waals surface area contributed by atoms with E-state index in [-0.39, 0.29) is 0 Å². The summed E-state index contributed by atoms with van der Waals surface area (Å²) in [6, 6.07) is 13.7. The third kappa shape index (κ3) is 11.2. The summed E-state index contributed by atoms with van der Waals surface area (Å²) in [4.78, 5) is 39.1. The van der Waals surface area contributed by atoms with E-state index >= 15 is 0 Å². The first-order valence-electron chi connectivity index (χ1n) is 16.2. The zero-order valence-electron chi connectivity index (χ0n) is 27.8. The topological polar surface area (TPSA) is 202 Å². The average Bonchev–Trinajstić information content (AvgIpc) is 3.79. The fourth-order valence-electron chi connectivity index (χ4n) is 5.67. The van der Waals surface area contributed by atoms with Crippen molar-refractivity contribution < 1.29 is 19.6 Å². The first-order valence-corrected chi connectivity index (χ1v) is 18.1. The highest BCUT2D eigenvalue weighted by Crippen LogP contribution is 2.35. The second-order valence-electron chi connectivity index (χ2n) is 12.1. The van der Waals surface area contributed by atoms with Gasteiger partial charge in [0.05, 0.1) is 9.13 Å². The number of nitrogens with two attached hydrogens (primary N) is 2. The van der Waals surface area contributed by atoms with Crippen LogP contribution in [0.25, 0.3) is 11.1 Å². The number of halogens is 3. The highest BCUT2D eigenvalue weighted by Gasteiger charge is 2.21. The number of nitrogens with one attached hydrogen (secondary N) is 2. The van der Waals surface area contributed by atoms with Gasteiger partial charge < -0.3 is 32.1 Å². The summed E-state index contributed by atoms with van der Waals surface area (Å²) < 4.78 is 0.923. The Balaban J connectivity index is 0.000000180. The molecule has 4 aromatic rings.